The van der Waals surface area contributed by atoms with E-state index >= 15 is 0 Å². The number of nitrogens with zero attached hydrogens (tertiary/aromatic N) is 3. The van der Waals surface area contributed by atoms with Crippen molar-refractivity contribution in [2.45, 2.75) is 5.03 Å². The van der Waals surface area contributed by atoms with Crippen molar-refractivity contribution in [3.63, 3.8) is 0 Å². The van der Waals surface area contributed by atoms with E-state index in [0.29, 0.717) is 5.03 Å². The lowest BCUT2D eigenvalue weighted by atomic mass is 10.4. The molecule has 0 fully saturated rings. The third-order valence-electron chi connectivity index (χ3n) is 1.10. The summed E-state index contributed by atoms with van der Waals surface area (Å²) in [4.78, 5) is 17.6. The first-order valence-electron chi connectivity index (χ1n) is 3.29. The molecule has 0 unspecified atom stereocenters. The highest BCUT2D eigenvalue weighted by molar-refractivity contribution is 7.99. The Morgan fingerprint density at radius 3 is 3.08 bits per heavy atom. The molecule has 0 saturated heterocycles. The molecule has 13 heavy (non-hydrogen) atoms. The Kier molecular flexibility index (Phi) is 3.23. The van der Waals surface area contributed by atoms with Crippen molar-refractivity contribution >= 4 is 17.7 Å². The number of thioether (sulfide) groups is 1. The number of aliphatic carboxylic acids is 1. The molecule has 0 atom stereocenters. The van der Waals surface area contributed by atoms with Gasteiger partial charge in [-0.25, -0.2) is 9.97 Å². The van der Waals surface area contributed by atoms with Crippen LogP contribution in [0.5, 0.6) is 0 Å². The quantitative estimate of drug-likeness (QED) is 0.559. The topological polar surface area (TPSA) is 86.9 Å². The lowest BCUT2D eigenvalue weighted by molar-refractivity contribution is -0.133. The lowest BCUT2D eigenvalue weighted by Crippen LogP contribution is -1.98. The maximum Gasteiger partial charge on any atom is 0.313 e. The van der Waals surface area contributed by atoms with Crippen molar-refractivity contribution in [2.75, 3.05) is 5.75 Å². The van der Waals surface area contributed by atoms with E-state index in [2.05, 4.69) is 9.97 Å². The van der Waals surface area contributed by atoms with Gasteiger partial charge in [-0.3, -0.25) is 4.79 Å². The Morgan fingerprint density at radius 2 is 2.46 bits per heavy atom. The van der Waals surface area contributed by atoms with Crippen LogP contribution < -0.4 is 0 Å². The molecule has 0 saturated carbocycles. The molecule has 66 valence electrons. The summed E-state index contributed by atoms with van der Waals surface area (Å²) in [7, 11) is 0. The zero-order valence-electron chi connectivity index (χ0n) is 6.47. The van der Waals surface area contributed by atoms with Crippen LogP contribution in [-0.2, 0) is 4.79 Å². The normalized spacial score (nSPS) is 9.15. The Hall–Kier alpha value is -1.61. The summed E-state index contributed by atoms with van der Waals surface area (Å²) in [6.45, 7) is 0. The molecule has 0 bridgehead atoms. The minimum Gasteiger partial charge on any atom is -0.481 e. The standard InChI is InChI=1S/C7H5N3O2S/c8-2-5-1-6(10-4-9-5)13-3-7(11)12/h1,4H,3H2,(H,11,12). The number of carboxylic acids is 1. The molecule has 0 aliphatic rings. The first-order valence-corrected chi connectivity index (χ1v) is 4.27. The van der Waals surface area contributed by atoms with Crippen molar-refractivity contribution in [2.24, 2.45) is 0 Å². The van der Waals surface area contributed by atoms with Crippen LogP contribution in [0.1, 0.15) is 5.69 Å². The van der Waals surface area contributed by atoms with E-state index in [9.17, 15) is 4.79 Å². The van der Waals surface area contributed by atoms with Crippen LogP contribution in [0.4, 0.5) is 0 Å². The van der Waals surface area contributed by atoms with Gasteiger partial charge in [-0.05, 0) is 0 Å². The third kappa shape index (κ3) is 3.09. The van der Waals surface area contributed by atoms with E-state index < -0.39 is 5.97 Å². The number of carboxylic acid groups (broad SMARTS) is 1. The van der Waals surface area contributed by atoms with Gasteiger partial charge in [0.2, 0.25) is 0 Å². The fourth-order valence-electron chi connectivity index (χ4n) is 0.615. The highest BCUT2D eigenvalue weighted by Crippen LogP contribution is 2.13. The molecule has 1 aromatic heterocycles. The Morgan fingerprint density at radius 1 is 1.69 bits per heavy atom. The molecular formula is C7H5N3O2S. The van der Waals surface area contributed by atoms with E-state index in [-0.39, 0.29) is 11.4 Å². The molecule has 0 amide bonds. The number of carbonyl (C=O) groups is 1. The zero-order valence-corrected chi connectivity index (χ0v) is 7.28. The van der Waals surface area contributed by atoms with E-state index in [4.69, 9.17) is 10.4 Å². The van der Waals surface area contributed by atoms with Crippen molar-refractivity contribution in [3.8, 4) is 6.07 Å². The largest absolute Gasteiger partial charge is 0.481 e. The minimum absolute atomic E-state index is 0.0676. The molecule has 0 aliphatic carbocycles. The van der Waals surface area contributed by atoms with Crippen LogP contribution in [0.25, 0.3) is 0 Å². The van der Waals surface area contributed by atoms with E-state index in [1.807, 2.05) is 6.07 Å². The molecule has 0 aromatic carbocycles. The van der Waals surface area contributed by atoms with Crippen LogP contribution in [0.15, 0.2) is 17.4 Å². The fraction of sp³-hybridized carbons (Fsp3) is 0.143. The Labute approximate surface area is 78.4 Å². The summed E-state index contributed by atoms with van der Waals surface area (Å²) < 4.78 is 0. The molecular weight excluding hydrogens is 190 g/mol. The minimum atomic E-state index is -0.915. The van der Waals surface area contributed by atoms with Crippen LogP contribution in [0.2, 0.25) is 0 Å². The number of rotatable bonds is 3. The summed E-state index contributed by atoms with van der Waals surface area (Å²) in [5.41, 5.74) is 0.239. The summed E-state index contributed by atoms with van der Waals surface area (Å²) >= 11 is 1.06. The lowest BCUT2D eigenvalue weighted by Gasteiger charge is -1.95. The van der Waals surface area contributed by atoms with Gasteiger partial charge in [0.1, 0.15) is 23.1 Å². The first kappa shape index (κ1) is 9.48. The molecule has 1 rings (SSSR count). The first-order chi connectivity index (χ1) is 6.22. The number of nitriles is 1. The zero-order chi connectivity index (χ0) is 9.68. The van der Waals surface area contributed by atoms with Crippen LogP contribution >= 0.6 is 11.8 Å². The third-order valence-corrected chi connectivity index (χ3v) is 2.01. The van der Waals surface area contributed by atoms with E-state index in [1.165, 1.54) is 12.4 Å². The highest BCUT2D eigenvalue weighted by atomic mass is 32.2. The molecule has 6 heteroatoms. The van der Waals surface area contributed by atoms with Gasteiger partial charge in [-0.15, -0.1) is 0 Å². The van der Waals surface area contributed by atoms with Crippen molar-refractivity contribution in [1.82, 2.24) is 9.97 Å². The molecule has 1 aromatic rings. The monoisotopic (exact) mass is 195 g/mol. The fourth-order valence-corrected chi connectivity index (χ4v) is 1.20. The molecule has 1 heterocycles. The van der Waals surface area contributed by atoms with Gasteiger partial charge < -0.3 is 5.11 Å². The molecule has 0 aliphatic heterocycles. The summed E-state index contributed by atoms with van der Waals surface area (Å²) in [5, 5.41) is 17.3. The average Bonchev–Trinajstić information content (AvgIpc) is 2.15. The van der Waals surface area contributed by atoms with Crippen LogP contribution in [0.3, 0.4) is 0 Å². The molecule has 0 spiro atoms. The summed E-state index contributed by atoms with van der Waals surface area (Å²) in [6, 6.07) is 3.30. The van der Waals surface area contributed by atoms with Crippen LogP contribution in [-0.4, -0.2) is 26.8 Å². The average molecular weight is 195 g/mol. The SMILES string of the molecule is N#Cc1cc(SCC(=O)O)ncn1. The van der Waals surface area contributed by atoms with Gasteiger partial charge >= 0.3 is 5.97 Å². The Bertz CT molecular complexity index is 361. The predicted octanol–water partition coefficient (Wildman–Crippen LogP) is 0.525. The van der Waals surface area contributed by atoms with Gasteiger partial charge in [0.15, 0.2) is 0 Å². The van der Waals surface area contributed by atoms with E-state index in [1.54, 1.807) is 0 Å². The van der Waals surface area contributed by atoms with Gasteiger partial charge in [0.05, 0.1) is 5.75 Å². The summed E-state index contributed by atoms with van der Waals surface area (Å²) in [6.07, 6.45) is 1.24. The maximum atomic E-state index is 10.2. The van der Waals surface area contributed by atoms with Crippen molar-refractivity contribution in [1.29, 1.82) is 5.26 Å². The van der Waals surface area contributed by atoms with Crippen molar-refractivity contribution < 1.29 is 9.90 Å². The number of aromatic nitrogens is 2. The van der Waals surface area contributed by atoms with Gasteiger partial charge in [-0.2, -0.15) is 5.26 Å². The second-order valence-corrected chi connectivity index (χ2v) is 3.03. The molecule has 1 N–H and O–H groups in total. The van der Waals surface area contributed by atoms with Crippen LogP contribution in [0, 0.1) is 11.3 Å². The van der Waals surface area contributed by atoms with Crippen molar-refractivity contribution in [3.05, 3.63) is 18.1 Å². The predicted molar refractivity (Wildman–Crippen MR) is 45.1 cm³/mol. The summed E-state index contributed by atoms with van der Waals surface area (Å²) in [5.74, 6) is -0.982. The van der Waals surface area contributed by atoms with Gasteiger partial charge in [0, 0.05) is 6.07 Å². The molecule has 0 radical (unpaired) electrons. The van der Waals surface area contributed by atoms with E-state index in [0.717, 1.165) is 11.8 Å². The number of hydrogen-bond acceptors (Lipinski definition) is 5. The number of hydrogen-bond donors (Lipinski definition) is 1. The maximum absolute atomic E-state index is 10.2. The smallest absolute Gasteiger partial charge is 0.313 e. The highest BCUT2D eigenvalue weighted by Gasteiger charge is 2.01. The molecule has 5 nitrogen and oxygen atoms in total. The van der Waals surface area contributed by atoms with Gasteiger partial charge in [-0.1, -0.05) is 11.8 Å². The Balaban J connectivity index is 2.68. The second-order valence-electron chi connectivity index (χ2n) is 2.04. The van der Waals surface area contributed by atoms with Gasteiger partial charge in [0.25, 0.3) is 0 Å². The second kappa shape index (κ2) is 4.42.